The Labute approximate surface area is 249 Å². The maximum absolute atomic E-state index is 14.6. The van der Waals surface area contributed by atoms with Gasteiger partial charge >= 0.3 is 0 Å². The van der Waals surface area contributed by atoms with Gasteiger partial charge in [0.25, 0.3) is 5.91 Å². The minimum Gasteiger partial charge on any atom is -0.327 e. The highest BCUT2D eigenvalue weighted by Gasteiger charge is 2.54. The standard InChI is InChI=1S/C36H42N4O2/c1-24-11-14-28(15-12-24)36(27-9-7-6-8-10-27)20-25(2)40(34(36)42)21-26-13-16-30(35(3,4)5)29(19-26)33(41)39-22-31-32(23-39)38-18-17-37-31/h11-19,27H,2,6-10,20-23H2,1,3-5H3. The molecular formula is C36H42N4O2. The largest absolute Gasteiger partial charge is 0.327 e. The van der Waals surface area contributed by atoms with Gasteiger partial charge < -0.3 is 9.80 Å². The van der Waals surface area contributed by atoms with Crippen LogP contribution >= 0.6 is 0 Å². The van der Waals surface area contributed by atoms with Crippen LogP contribution in [0.3, 0.4) is 0 Å². The first kappa shape index (κ1) is 28.3. The van der Waals surface area contributed by atoms with Crippen LogP contribution in [-0.2, 0) is 35.3 Å². The molecule has 218 valence electrons. The Morgan fingerprint density at radius 2 is 1.62 bits per heavy atom. The summed E-state index contributed by atoms with van der Waals surface area (Å²) in [5.41, 5.74) is 6.71. The van der Waals surface area contributed by atoms with Crippen LogP contribution < -0.4 is 0 Å². The van der Waals surface area contributed by atoms with Crippen LogP contribution in [0.5, 0.6) is 0 Å². The van der Waals surface area contributed by atoms with Crippen molar-refractivity contribution in [2.24, 2.45) is 5.92 Å². The van der Waals surface area contributed by atoms with Gasteiger partial charge in [-0.1, -0.05) is 88.6 Å². The van der Waals surface area contributed by atoms with Crippen LogP contribution in [0.25, 0.3) is 0 Å². The lowest BCUT2D eigenvalue weighted by atomic mass is 9.64. The molecule has 0 N–H and O–H groups in total. The first-order valence-electron chi connectivity index (χ1n) is 15.4. The number of aryl methyl sites for hydroxylation is 1. The van der Waals surface area contributed by atoms with Gasteiger partial charge in [-0.25, -0.2) is 0 Å². The number of likely N-dealkylation sites (tertiary alicyclic amines) is 1. The van der Waals surface area contributed by atoms with Gasteiger partial charge in [0.2, 0.25) is 5.91 Å². The van der Waals surface area contributed by atoms with E-state index in [1.165, 1.54) is 24.8 Å². The van der Waals surface area contributed by atoms with Crippen molar-refractivity contribution in [3.8, 4) is 0 Å². The van der Waals surface area contributed by atoms with Crippen molar-refractivity contribution in [1.29, 1.82) is 0 Å². The molecule has 1 saturated heterocycles. The van der Waals surface area contributed by atoms with Crippen molar-refractivity contribution in [2.45, 2.75) is 96.7 Å². The van der Waals surface area contributed by atoms with Crippen molar-refractivity contribution in [2.75, 3.05) is 0 Å². The van der Waals surface area contributed by atoms with Crippen LogP contribution in [0.1, 0.15) is 103 Å². The number of fused-ring (bicyclic) bond motifs is 1. The maximum atomic E-state index is 14.6. The molecule has 1 aromatic heterocycles. The average Bonchev–Trinajstić information content (AvgIpc) is 3.52. The highest BCUT2D eigenvalue weighted by molar-refractivity contribution is 5.97. The number of rotatable bonds is 5. The Bertz CT molecular complexity index is 1510. The van der Waals surface area contributed by atoms with E-state index in [4.69, 9.17) is 0 Å². The van der Waals surface area contributed by atoms with E-state index < -0.39 is 5.41 Å². The number of carbonyl (C=O) groups is 2. The maximum Gasteiger partial charge on any atom is 0.254 e. The van der Waals surface area contributed by atoms with Gasteiger partial charge in [-0.3, -0.25) is 19.6 Å². The van der Waals surface area contributed by atoms with E-state index in [1.807, 2.05) is 15.9 Å². The minimum absolute atomic E-state index is 0.0237. The summed E-state index contributed by atoms with van der Waals surface area (Å²) in [5, 5.41) is 0. The van der Waals surface area contributed by atoms with Crippen molar-refractivity contribution >= 4 is 11.8 Å². The quantitative estimate of drug-likeness (QED) is 0.336. The Morgan fingerprint density at radius 3 is 2.24 bits per heavy atom. The molecule has 42 heavy (non-hydrogen) atoms. The SMILES string of the molecule is C=C1CC(c2ccc(C)cc2)(C2CCCCC2)C(=O)N1Cc1ccc(C(C)(C)C)c(C(=O)N2Cc3nccnc3C2)c1. The predicted octanol–water partition coefficient (Wildman–Crippen LogP) is 7.00. The first-order valence-corrected chi connectivity index (χ1v) is 15.4. The number of carbonyl (C=O) groups excluding carboxylic acids is 2. The zero-order valence-electron chi connectivity index (χ0n) is 25.4. The van der Waals surface area contributed by atoms with Gasteiger partial charge in [0, 0.05) is 30.1 Å². The summed E-state index contributed by atoms with van der Waals surface area (Å²) in [4.78, 5) is 41.2. The molecule has 1 unspecified atom stereocenters. The number of nitrogens with zero attached hydrogens (tertiary/aromatic N) is 4. The lowest BCUT2D eigenvalue weighted by molar-refractivity contribution is -0.134. The summed E-state index contributed by atoms with van der Waals surface area (Å²) in [6, 6.07) is 14.7. The molecule has 2 aliphatic heterocycles. The van der Waals surface area contributed by atoms with Gasteiger partial charge in [0.15, 0.2) is 0 Å². The third-order valence-electron chi connectivity index (χ3n) is 9.65. The third kappa shape index (κ3) is 4.95. The van der Waals surface area contributed by atoms with Crippen molar-refractivity contribution in [3.05, 3.63) is 106 Å². The number of allylic oxidation sites excluding steroid dienone is 1. The van der Waals surface area contributed by atoms with Gasteiger partial charge in [-0.2, -0.15) is 0 Å². The number of benzene rings is 2. The van der Waals surface area contributed by atoms with Gasteiger partial charge in [0.05, 0.1) is 36.4 Å². The molecule has 6 rings (SSSR count). The normalized spacial score (nSPS) is 21.2. The topological polar surface area (TPSA) is 66.4 Å². The summed E-state index contributed by atoms with van der Waals surface area (Å²) in [7, 11) is 0. The number of hydrogen-bond acceptors (Lipinski definition) is 4. The summed E-state index contributed by atoms with van der Waals surface area (Å²) in [5.74, 6) is 0.440. The minimum atomic E-state index is -0.573. The molecule has 1 aliphatic carbocycles. The van der Waals surface area contributed by atoms with E-state index in [9.17, 15) is 9.59 Å². The van der Waals surface area contributed by atoms with Gasteiger partial charge in [-0.05, 0) is 53.9 Å². The summed E-state index contributed by atoms with van der Waals surface area (Å²) >= 11 is 0. The molecule has 3 aromatic rings. The molecule has 0 spiro atoms. The van der Waals surface area contributed by atoms with E-state index in [2.05, 4.69) is 80.6 Å². The average molecular weight is 563 g/mol. The molecule has 1 saturated carbocycles. The van der Waals surface area contributed by atoms with Crippen LogP contribution in [-0.4, -0.2) is 31.6 Å². The van der Waals surface area contributed by atoms with Gasteiger partial charge in [-0.15, -0.1) is 0 Å². The molecule has 6 nitrogen and oxygen atoms in total. The second-order valence-electron chi connectivity index (χ2n) is 13.5. The molecule has 1 atom stereocenters. The highest BCUT2D eigenvalue weighted by Crippen LogP contribution is 2.51. The summed E-state index contributed by atoms with van der Waals surface area (Å²) < 4.78 is 0. The van der Waals surface area contributed by atoms with Crippen LogP contribution in [0.4, 0.5) is 0 Å². The molecular weight excluding hydrogens is 520 g/mol. The van der Waals surface area contributed by atoms with Crippen molar-refractivity contribution in [3.63, 3.8) is 0 Å². The highest BCUT2D eigenvalue weighted by atomic mass is 16.2. The smallest absolute Gasteiger partial charge is 0.254 e. The van der Waals surface area contributed by atoms with Crippen molar-refractivity contribution < 1.29 is 9.59 Å². The molecule has 2 fully saturated rings. The first-order chi connectivity index (χ1) is 20.1. The predicted molar refractivity (Wildman–Crippen MR) is 164 cm³/mol. The van der Waals surface area contributed by atoms with E-state index in [1.54, 1.807) is 12.4 Å². The second kappa shape index (κ2) is 10.8. The Morgan fingerprint density at radius 1 is 0.976 bits per heavy atom. The van der Waals surface area contributed by atoms with Crippen LogP contribution in [0, 0.1) is 12.8 Å². The third-order valence-corrected chi connectivity index (χ3v) is 9.65. The van der Waals surface area contributed by atoms with Crippen LogP contribution in [0.15, 0.2) is 67.1 Å². The van der Waals surface area contributed by atoms with E-state index >= 15 is 0 Å². The van der Waals surface area contributed by atoms with E-state index in [-0.39, 0.29) is 17.2 Å². The summed E-state index contributed by atoms with van der Waals surface area (Å²) in [6.07, 6.45) is 9.73. The zero-order valence-corrected chi connectivity index (χ0v) is 25.4. The molecule has 0 radical (unpaired) electrons. The Hall–Kier alpha value is -3.80. The number of hydrogen-bond donors (Lipinski definition) is 0. The lowest BCUT2D eigenvalue weighted by Crippen LogP contribution is -2.44. The molecule has 2 aromatic carbocycles. The molecule has 2 amide bonds. The Kier molecular flexibility index (Phi) is 7.28. The van der Waals surface area contributed by atoms with E-state index in [0.717, 1.165) is 46.6 Å². The second-order valence-corrected chi connectivity index (χ2v) is 13.5. The number of aromatic nitrogens is 2. The Balaban J connectivity index is 1.33. The summed E-state index contributed by atoms with van der Waals surface area (Å²) in [6.45, 7) is 14.2. The zero-order chi connectivity index (χ0) is 29.6. The molecule has 3 heterocycles. The van der Waals surface area contributed by atoms with Gasteiger partial charge in [0.1, 0.15) is 0 Å². The van der Waals surface area contributed by atoms with Crippen LogP contribution in [0.2, 0.25) is 0 Å². The monoisotopic (exact) mass is 562 g/mol. The van der Waals surface area contributed by atoms with Crippen molar-refractivity contribution in [1.82, 2.24) is 19.8 Å². The molecule has 0 bridgehead atoms. The number of amides is 2. The molecule has 3 aliphatic rings. The molecule has 6 heteroatoms. The van der Waals surface area contributed by atoms with E-state index in [0.29, 0.717) is 37.5 Å². The fourth-order valence-electron chi connectivity index (χ4n) is 7.38. The fourth-order valence-corrected chi connectivity index (χ4v) is 7.38. The fraction of sp³-hybridized carbons (Fsp3) is 0.444. The lowest BCUT2D eigenvalue weighted by Gasteiger charge is -2.38.